The van der Waals surface area contributed by atoms with Crippen LogP contribution in [0.15, 0.2) is 23.0 Å². The Morgan fingerprint density at radius 1 is 1.40 bits per heavy atom. The summed E-state index contributed by atoms with van der Waals surface area (Å²) in [6, 6.07) is 6.54. The number of alkyl halides is 2. The topological polar surface area (TPSA) is 73.9 Å². The van der Waals surface area contributed by atoms with E-state index in [9.17, 15) is 13.6 Å². The van der Waals surface area contributed by atoms with Crippen molar-refractivity contribution in [2.75, 3.05) is 0 Å². The van der Waals surface area contributed by atoms with Gasteiger partial charge in [-0.15, -0.1) is 0 Å². The van der Waals surface area contributed by atoms with Crippen molar-refractivity contribution in [3.05, 3.63) is 66.7 Å². The summed E-state index contributed by atoms with van der Waals surface area (Å²) < 4.78 is 27.0. The molecule has 0 fully saturated rings. The Morgan fingerprint density at radius 3 is 2.72 bits per heavy atom. The molecule has 1 aromatic carbocycles. The van der Waals surface area contributed by atoms with Gasteiger partial charge in [-0.25, -0.2) is 13.8 Å². The van der Waals surface area contributed by atoms with Crippen LogP contribution in [0, 0.1) is 18.3 Å². The van der Waals surface area contributed by atoms with Crippen LogP contribution < -0.4 is 5.56 Å². The molecular formula is C16H10Cl2F2N4O. The van der Waals surface area contributed by atoms with Crippen LogP contribution in [0.2, 0.25) is 10.0 Å². The number of aromatic nitrogens is 3. The van der Waals surface area contributed by atoms with Crippen LogP contribution in [0.3, 0.4) is 0 Å². The minimum absolute atomic E-state index is 0.119. The van der Waals surface area contributed by atoms with E-state index in [2.05, 4.69) is 10.1 Å². The lowest BCUT2D eigenvalue weighted by Gasteiger charge is -2.07. The van der Waals surface area contributed by atoms with Crippen molar-refractivity contribution in [3.63, 3.8) is 0 Å². The molecule has 0 radical (unpaired) electrons. The summed E-state index contributed by atoms with van der Waals surface area (Å²) in [5.41, 5.74) is -0.377. The number of benzene rings is 1. The van der Waals surface area contributed by atoms with Crippen molar-refractivity contribution in [2.45, 2.75) is 19.8 Å². The normalized spacial score (nSPS) is 11.2. The summed E-state index contributed by atoms with van der Waals surface area (Å²) >= 11 is 12.0. The predicted molar refractivity (Wildman–Crippen MR) is 89.5 cm³/mol. The van der Waals surface area contributed by atoms with Gasteiger partial charge in [-0.2, -0.15) is 9.78 Å². The first-order chi connectivity index (χ1) is 11.8. The minimum Gasteiger partial charge on any atom is -0.287 e. The van der Waals surface area contributed by atoms with Gasteiger partial charge in [0.1, 0.15) is 17.3 Å². The number of halogens is 4. The van der Waals surface area contributed by atoms with Gasteiger partial charge in [0, 0.05) is 27.7 Å². The van der Waals surface area contributed by atoms with Crippen LogP contribution >= 0.6 is 23.2 Å². The fraction of sp³-hybridized carbons (Fsp3) is 0.188. The number of nitrogens with zero attached hydrogens (tertiary/aromatic N) is 3. The number of aromatic amines is 1. The summed E-state index contributed by atoms with van der Waals surface area (Å²) in [6.45, 7) is 1.58. The first kappa shape index (κ1) is 17.4. The number of nitriles is 1. The summed E-state index contributed by atoms with van der Waals surface area (Å²) in [7, 11) is 0. The standard InChI is InChI=1S/C16H10Cl2F2N4O/c1-7-10(4-8-2-3-9(17)5-12(8)18)16(25)24-15(22-7)11(6-21)13(23-24)14(19)20/h2-3,5,14,23H,4H2,1H3. The number of H-pyrrole nitrogens is 1. The molecule has 0 spiro atoms. The molecule has 5 nitrogen and oxygen atoms in total. The molecule has 2 heterocycles. The molecule has 0 aliphatic carbocycles. The van der Waals surface area contributed by atoms with Gasteiger partial charge >= 0.3 is 0 Å². The summed E-state index contributed by atoms with van der Waals surface area (Å²) in [4.78, 5) is 16.9. The Kier molecular flexibility index (Phi) is 4.50. The summed E-state index contributed by atoms with van der Waals surface area (Å²) in [6.07, 6.45) is -2.77. The minimum atomic E-state index is -2.93. The molecule has 3 aromatic rings. The zero-order valence-corrected chi connectivity index (χ0v) is 14.3. The van der Waals surface area contributed by atoms with Crippen LogP contribution in [-0.4, -0.2) is 14.6 Å². The lowest BCUT2D eigenvalue weighted by Crippen LogP contribution is -2.22. The average Bonchev–Trinajstić information content (AvgIpc) is 2.92. The third kappa shape index (κ3) is 2.99. The molecule has 0 bridgehead atoms. The molecule has 25 heavy (non-hydrogen) atoms. The highest BCUT2D eigenvalue weighted by atomic mass is 35.5. The van der Waals surface area contributed by atoms with E-state index in [-0.39, 0.29) is 23.2 Å². The Labute approximate surface area is 150 Å². The molecular weight excluding hydrogens is 373 g/mol. The van der Waals surface area contributed by atoms with E-state index in [0.29, 0.717) is 21.3 Å². The Bertz CT molecular complexity index is 1080. The van der Waals surface area contributed by atoms with Gasteiger partial charge in [-0.1, -0.05) is 29.3 Å². The number of aryl methyl sites for hydroxylation is 1. The monoisotopic (exact) mass is 382 g/mol. The van der Waals surface area contributed by atoms with E-state index in [0.717, 1.165) is 4.52 Å². The van der Waals surface area contributed by atoms with Crippen molar-refractivity contribution in [1.29, 1.82) is 5.26 Å². The van der Waals surface area contributed by atoms with Gasteiger partial charge < -0.3 is 0 Å². The third-order valence-electron chi connectivity index (χ3n) is 3.82. The quantitative estimate of drug-likeness (QED) is 0.742. The van der Waals surface area contributed by atoms with Crippen LogP contribution in [0.4, 0.5) is 8.78 Å². The Balaban J connectivity index is 2.21. The number of nitrogens with one attached hydrogen (secondary N) is 1. The molecule has 0 atom stereocenters. The van der Waals surface area contributed by atoms with E-state index in [1.54, 1.807) is 31.2 Å². The van der Waals surface area contributed by atoms with Gasteiger partial charge in [0.15, 0.2) is 5.65 Å². The van der Waals surface area contributed by atoms with Gasteiger partial charge in [-0.3, -0.25) is 9.89 Å². The molecule has 0 aliphatic heterocycles. The fourth-order valence-corrected chi connectivity index (χ4v) is 3.03. The van der Waals surface area contributed by atoms with Crippen molar-refractivity contribution in [2.24, 2.45) is 0 Å². The molecule has 9 heteroatoms. The third-order valence-corrected chi connectivity index (χ3v) is 4.41. The number of rotatable bonds is 3. The van der Waals surface area contributed by atoms with Crippen LogP contribution in [0.25, 0.3) is 5.65 Å². The smallest absolute Gasteiger partial charge is 0.281 e. The highest BCUT2D eigenvalue weighted by Gasteiger charge is 2.23. The lowest BCUT2D eigenvalue weighted by molar-refractivity contribution is 0.145. The maximum atomic E-state index is 13.1. The van der Waals surface area contributed by atoms with Gasteiger partial charge in [0.25, 0.3) is 12.0 Å². The first-order valence-electron chi connectivity index (χ1n) is 7.09. The molecule has 0 aliphatic rings. The number of hydrogen-bond acceptors (Lipinski definition) is 3. The molecule has 128 valence electrons. The van der Waals surface area contributed by atoms with Gasteiger partial charge in [0.2, 0.25) is 0 Å². The molecule has 0 amide bonds. The molecule has 1 N–H and O–H groups in total. The number of fused-ring (bicyclic) bond motifs is 1. The van der Waals surface area contributed by atoms with Gasteiger partial charge in [0.05, 0.1) is 0 Å². The van der Waals surface area contributed by atoms with Crippen LogP contribution in [0.1, 0.15) is 34.5 Å². The summed E-state index contributed by atoms with van der Waals surface area (Å²) in [5, 5.41) is 12.2. The van der Waals surface area contributed by atoms with Crippen LogP contribution in [0.5, 0.6) is 0 Å². The SMILES string of the molecule is Cc1nc2c(C#N)c(C(F)F)[nH]n2c(=O)c1Cc1ccc(Cl)cc1Cl. The number of hydrogen-bond donors (Lipinski definition) is 1. The second-order valence-corrected chi connectivity index (χ2v) is 6.21. The van der Waals surface area contributed by atoms with Gasteiger partial charge in [-0.05, 0) is 24.6 Å². The van der Waals surface area contributed by atoms with E-state index in [4.69, 9.17) is 28.5 Å². The highest BCUT2D eigenvalue weighted by molar-refractivity contribution is 6.35. The van der Waals surface area contributed by atoms with E-state index < -0.39 is 17.7 Å². The van der Waals surface area contributed by atoms with Crippen molar-refractivity contribution < 1.29 is 8.78 Å². The maximum Gasteiger partial charge on any atom is 0.281 e. The lowest BCUT2D eigenvalue weighted by atomic mass is 10.0. The Morgan fingerprint density at radius 2 is 2.12 bits per heavy atom. The summed E-state index contributed by atoms with van der Waals surface area (Å²) in [5.74, 6) is 0. The second kappa shape index (κ2) is 6.47. The molecule has 0 saturated heterocycles. The fourth-order valence-electron chi connectivity index (χ4n) is 2.56. The van der Waals surface area contributed by atoms with Crippen LogP contribution in [-0.2, 0) is 6.42 Å². The molecule has 0 saturated carbocycles. The van der Waals surface area contributed by atoms with E-state index >= 15 is 0 Å². The predicted octanol–water partition coefficient (Wildman–Crippen LogP) is 4.04. The van der Waals surface area contributed by atoms with Crippen molar-refractivity contribution in [3.8, 4) is 6.07 Å². The van der Waals surface area contributed by atoms with Crippen molar-refractivity contribution >= 4 is 28.8 Å². The van der Waals surface area contributed by atoms with E-state index in [1.165, 1.54) is 0 Å². The van der Waals surface area contributed by atoms with Crippen molar-refractivity contribution in [1.82, 2.24) is 14.6 Å². The first-order valence-corrected chi connectivity index (χ1v) is 7.85. The second-order valence-electron chi connectivity index (χ2n) is 5.37. The largest absolute Gasteiger partial charge is 0.287 e. The zero-order valence-electron chi connectivity index (χ0n) is 12.8. The highest BCUT2D eigenvalue weighted by Crippen LogP contribution is 2.25. The zero-order chi connectivity index (χ0) is 18.3. The van der Waals surface area contributed by atoms with E-state index in [1.807, 2.05) is 0 Å². The molecule has 2 aromatic heterocycles. The molecule has 0 unspecified atom stereocenters. The maximum absolute atomic E-state index is 13.1. The average molecular weight is 383 g/mol. The Hall–Kier alpha value is -2.43. The molecule has 3 rings (SSSR count).